The van der Waals surface area contributed by atoms with Crippen molar-refractivity contribution >= 4 is 34.6 Å². The Morgan fingerprint density at radius 3 is 2.36 bits per heavy atom. The molecule has 0 atom stereocenters. The Kier molecular flexibility index (Phi) is 6.17. The van der Waals surface area contributed by atoms with Gasteiger partial charge in [0, 0.05) is 17.2 Å². The summed E-state index contributed by atoms with van der Waals surface area (Å²) in [5, 5.41) is 17.1. The van der Waals surface area contributed by atoms with Gasteiger partial charge in [0.15, 0.2) is 0 Å². The predicted molar refractivity (Wildman–Crippen MR) is 124 cm³/mol. The second-order valence-electron chi connectivity index (χ2n) is 6.93. The number of nitro groups is 1. The van der Waals surface area contributed by atoms with Gasteiger partial charge in [-0.3, -0.25) is 14.9 Å². The average molecular weight is 439 g/mol. The zero-order valence-corrected chi connectivity index (χ0v) is 17.2. The van der Waals surface area contributed by atoms with E-state index in [9.17, 15) is 19.7 Å². The van der Waals surface area contributed by atoms with Gasteiger partial charge in [0.25, 0.3) is 5.91 Å². The fourth-order valence-corrected chi connectivity index (χ4v) is 3.27. The molecular formula is C25H17N3O5. The number of esters is 1. The average Bonchev–Trinajstić information content (AvgIpc) is 2.84. The molecular weight excluding hydrogens is 422 g/mol. The monoisotopic (exact) mass is 439 g/mol. The summed E-state index contributed by atoms with van der Waals surface area (Å²) in [5.41, 5.74) is 2.85. The highest BCUT2D eigenvalue weighted by atomic mass is 16.6. The smallest absolute Gasteiger partial charge is 0.343 e. The van der Waals surface area contributed by atoms with Crippen molar-refractivity contribution in [1.82, 2.24) is 5.43 Å². The van der Waals surface area contributed by atoms with E-state index in [1.165, 1.54) is 36.5 Å². The molecule has 0 heterocycles. The van der Waals surface area contributed by atoms with E-state index in [2.05, 4.69) is 10.5 Å². The molecule has 0 radical (unpaired) electrons. The lowest BCUT2D eigenvalue weighted by molar-refractivity contribution is -0.385. The number of rotatable bonds is 6. The lowest BCUT2D eigenvalue weighted by atomic mass is 10.0. The normalized spacial score (nSPS) is 10.8. The Labute approximate surface area is 188 Å². The van der Waals surface area contributed by atoms with Crippen LogP contribution >= 0.6 is 0 Å². The number of nitro benzene ring substituents is 1. The van der Waals surface area contributed by atoms with Crippen LogP contribution in [0.1, 0.15) is 26.3 Å². The number of benzene rings is 4. The zero-order valence-electron chi connectivity index (χ0n) is 17.2. The maximum absolute atomic E-state index is 12.7. The van der Waals surface area contributed by atoms with Crippen molar-refractivity contribution < 1.29 is 19.2 Å². The van der Waals surface area contributed by atoms with Crippen LogP contribution in [0.4, 0.5) is 5.69 Å². The number of ether oxygens (including phenoxy) is 1. The molecule has 0 spiro atoms. The van der Waals surface area contributed by atoms with Gasteiger partial charge < -0.3 is 4.74 Å². The largest absolute Gasteiger partial charge is 0.415 e. The number of carbonyl (C=O) groups is 2. The molecule has 0 aliphatic heterocycles. The van der Waals surface area contributed by atoms with Crippen LogP contribution in [0.25, 0.3) is 10.8 Å². The highest BCUT2D eigenvalue weighted by molar-refractivity contribution is 6.07. The fourth-order valence-electron chi connectivity index (χ4n) is 3.27. The molecule has 8 heteroatoms. The molecule has 8 nitrogen and oxygen atoms in total. The molecule has 33 heavy (non-hydrogen) atoms. The van der Waals surface area contributed by atoms with Gasteiger partial charge in [-0.1, -0.05) is 60.7 Å². The number of nitrogens with one attached hydrogen (secondary N) is 1. The van der Waals surface area contributed by atoms with E-state index in [1.54, 1.807) is 30.3 Å². The van der Waals surface area contributed by atoms with E-state index < -0.39 is 22.5 Å². The van der Waals surface area contributed by atoms with E-state index in [0.29, 0.717) is 5.56 Å². The number of amides is 1. The van der Waals surface area contributed by atoms with E-state index in [0.717, 1.165) is 10.8 Å². The Morgan fingerprint density at radius 2 is 1.58 bits per heavy atom. The van der Waals surface area contributed by atoms with Gasteiger partial charge >= 0.3 is 11.7 Å². The van der Waals surface area contributed by atoms with Crippen molar-refractivity contribution in [3.8, 4) is 5.75 Å². The zero-order chi connectivity index (χ0) is 23.2. The quantitative estimate of drug-likeness (QED) is 0.153. The van der Waals surface area contributed by atoms with Crippen LogP contribution in [0.2, 0.25) is 0 Å². The molecule has 0 aromatic heterocycles. The van der Waals surface area contributed by atoms with E-state index in [4.69, 9.17) is 4.74 Å². The summed E-state index contributed by atoms with van der Waals surface area (Å²) < 4.78 is 5.34. The summed E-state index contributed by atoms with van der Waals surface area (Å²) in [6, 6.07) is 25.0. The second kappa shape index (κ2) is 9.52. The first-order valence-corrected chi connectivity index (χ1v) is 9.90. The Balaban J connectivity index is 1.59. The van der Waals surface area contributed by atoms with Gasteiger partial charge in [-0.25, -0.2) is 10.2 Å². The van der Waals surface area contributed by atoms with Gasteiger partial charge in [0.05, 0.1) is 16.7 Å². The molecule has 0 fully saturated rings. The molecule has 0 unspecified atom stereocenters. The van der Waals surface area contributed by atoms with Gasteiger partial charge in [0.2, 0.25) is 5.75 Å². The number of hydrazone groups is 1. The van der Waals surface area contributed by atoms with Crippen LogP contribution in [0.15, 0.2) is 96.1 Å². The maximum Gasteiger partial charge on any atom is 0.343 e. The number of para-hydroxylation sites is 1. The first-order valence-electron chi connectivity index (χ1n) is 9.90. The highest BCUT2D eigenvalue weighted by Crippen LogP contribution is 2.30. The minimum atomic E-state index is -0.751. The summed E-state index contributed by atoms with van der Waals surface area (Å²) in [5.74, 6) is -1.46. The van der Waals surface area contributed by atoms with Crippen molar-refractivity contribution in [3.05, 3.63) is 118 Å². The standard InChI is InChI=1S/C25H17N3O5/c29-24(21-14-6-11-17-8-4-5-13-20(17)21)27-26-16-19-12-7-15-22(28(31)32)23(19)33-25(30)18-9-2-1-3-10-18/h1-16H,(H,27,29)/b26-16+. The van der Waals surface area contributed by atoms with Crippen molar-refractivity contribution in [1.29, 1.82) is 0 Å². The summed E-state index contributed by atoms with van der Waals surface area (Å²) in [4.78, 5) is 36.0. The number of nitrogens with zero attached hydrogens (tertiary/aromatic N) is 2. The van der Waals surface area contributed by atoms with Crippen molar-refractivity contribution in [2.24, 2.45) is 5.10 Å². The molecule has 1 N–H and O–H groups in total. The summed E-state index contributed by atoms with van der Waals surface area (Å²) in [7, 11) is 0. The van der Waals surface area contributed by atoms with Gasteiger partial charge in [-0.2, -0.15) is 5.10 Å². The molecule has 0 aliphatic carbocycles. The van der Waals surface area contributed by atoms with Crippen LogP contribution in [-0.2, 0) is 0 Å². The van der Waals surface area contributed by atoms with Gasteiger partial charge in [0.1, 0.15) is 0 Å². The predicted octanol–water partition coefficient (Wildman–Crippen LogP) is 4.73. The molecule has 0 bridgehead atoms. The molecule has 0 saturated carbocycles. The number of fused-ring (bicyclic) bond motifs is 1. The summed E-state index contributed by atoms with van der Waals surface area (Å²) in [6.07, 6.45) is 1.20. The first kappa shape index (κ1) is 21.4. The van der Waals surface area contributed by atoms with Crippen molar-refractivity contribution in [3.63, 3.8) is 0 Å². The lowest BCUT2D eigenvalue weighted by Crippen LogP contribution is -2.18. The van der Waals surface area contributed by atoms with E-state index in [-0.39, 0.29) is 16.9 Å². The van der Waals surface area contributed by atoms with Crippen LogP contribution in [0.3, 0.4) is 0 Å². The molecule has 162 valence electrons. The minimum Gasteiger partial charge on any atom is -0.415 e. The highest BCUT2D eigenvalue weighted by Gasteiger charge is 2.22. The number of carbonyl (C=O) groups excluding carboxylic acids is 2. The molecule has 4 aromatic rings. The van der Waals surface area contributed by atoms with Crippen LogP contribution < -0.4 is 10.2 Å². The second-order valence-corrected chi connectivity index (χ2v) is 6.93. The topological polar surface area (TPSA) is 111 Å². The van der Waals surface area contributed by atoms with E-state index >= 15 is 0 Å². The summed E-state index contributed by atoms with van der Waals surface area (Å²) in [6.45, 7) is 0. The van der Waals surface area contributed by atoms with Crippen LogP contribution in [-0.4, -0.2) is 23.0 Å². The maximum atomic E-state index is 12.7. The lowest BCUT2D eigenvalue weighted by Gasteiger charge is -2.08. The first-order chi connectivity index (χ1) is 16.0. The number of hydrogen-bond donors (Lipinski definition) is 1. The van der Waals surface area contributed by atoms with E-state index in [1.807, 2.05) is 30.3 Å². The minimum absolute atomic E-state index is 0.159. The Bertz CT molecular complexity index is 1380. The van der Waals surface area contributed by atoms with Crippen LogP contribution in [0.5, 0.6) is 5.75 Å². The third kappa shape index (κ3) is 4.75. The van der Waals surface area contributed by atoms with Crippen molar-refractivity contribution in [2.75, 3.05) is 0 Å². The van der Waals surface area contributed by atoms with Gasteiger partial charge in [-0.15, -0.1) is 0 Å². The molecule has 4 rings (SSSR count). The third-order valence-corrected chi connectivity index (χ3v) is 4.83. The fraction of sp³-hybridized carbons (Fsp3) is 0. The SMILES string of the molecule is O=C(Oc1c(/C=N/NC(=O)c2cccc3ccccc23)cccc1[N+](=O)[O-])c1ccccc1. The van der Waals surface area contributed by atoms with Crippen LogP contribution in [0, 0.1) is 10.1 Å². The number of hydrogen-bond acceptors (Lipinski definition) is 6. The van der Waals surface area contributed by atoms with Crippen molar-refractivity contribution in [2.45, 2.75) is 0 Å². The third-order valence-electron chi connectivity index (χ3n) is 4.83. The molecule has 0 aliphatic rings. The molecule has 1 amide bonds. The molecule has 4 aromatic carbocycles. The Morgan fingerprint density at radius 1 is 0.879 bits per heavy atom. The molecule has 0 saturated heterocycles. The Hall–Kier alpha value is -4.85. The summed E-state index contributed by atoms with van der Waals surface area (Å²) >= 11 is 0. The van der Waals surface area contributed by atoms with Gasteiger partial charge in [-0.05, 0) is 35.0 Å².